The summed E-state index contributed by atoms with van der Waals surface area (Å²) in [6.07, 6.45) is 5.64. The number of aryl methyl sites for hydroxylation is 1. The van der Waals surface area contributed by atoms with Crippen LogP contribution in [0.4, 0.5) is 17.1 Å². The minimum atomic E-state index is 1.05. The lowest BCUT2D eigenvalue weighted by Gasteiger charge is -2.26. The third kappa shape index (κ3) is 4.78. The highest BCUT2D eigenvalue weighted by molar-refractivity contribution is 5.90. The summed E-state index contributed by atoms with van der Waals surface area (Å²) in [5, 5.41) is 2.47. The molecule has 0 N–H and O–H groups in total. The zero-order chi connectivity index (χ0) is 24.9. The third-order valence-corrected chi connectivity index (χ3v) is 6.45. The van der Waals surface area contributed by atoms with Gasteiger partial charge >= 0.3 is 0 Å². The number of anilines is 3. The molecular weight excluding hydrogens is 434 g/mol. The van der Waals surface area contributed by atoms with E-state index in [2.05, 4.69) is 134 Å². The van der Waals surface area contributed by atoms with Crippen LogP contribution in [0.5, 0.6) is 0 Å². The van der Waals surface area contributed by atoms with Crippen LogP contribution in [0.1, 0.15) is 11.1 Å². The Bertz CT molecular complexity index is 1540. The molecule has 0 heterocycles. The number of fused-ring (bicyclic) bond motifs is 1. The maximum Gasteiger partial charge on any atom is 0.0468 e. The molecule has 5 rings (SSSR count). The van der Waals surface area contributed by atoms with Crippen LogP contribution < -0.4 is 4.90 Å². The van der Waals surface area contributed by atoms with Crippen LogP contribution in [0, 0.1) is 6.92 Å². The van der Waals surface area contributed by atoms with Gasteiger partial charge in [-0.25, -0.2) is 0 Å². The second-order valence-electron chi connectivity index (χ2n) is 8.89. The van der Waals surface area contributed by atoms with Crippen LogP contribution in [0.25, 0.3) is 27.5 Å². The minimum Gasteiger partial charge on any atom is -0.310 e. The number of allylic oxidation sites excluding steroid dienone is 4. The van der Waals surface area contributed by atoms with Gasteiger partial charge in [-0.15, -0.1) is 0 Å². The van der Waals surface area contributed by atoms with Crippen LogP contribution in [0.2, 0.25) is 0 Å². The van der Waals surface area contributed by atoms with Gasteiger partial charge in [-0.05, 0) is 76.4 Å². The van der Waals surface area contributed by atoms with Gasteiger partial charge in [-0.2, -0.15) is 0 Å². The SMILES string of the molecule is C=C/C=C(\C=C)c1ccc(N(c2ccc(-c3ccccc3)cc2)c2ccc3cc(C)ccc3c2)cc1. The average Bonchev–Trinajstić information content (AvgIpc) is 2.93. The Morgan fingerprint density at radius 1 is 0.611 bits per heavy atom. The number of hydrogen-bond acceptors (Lipinski definition) is 1. The molecule has 0 atom stereocenters. The van der Waals surface area contributed by atoms with Crippen molar-refractivity contribution in [1.29, 1.82) is 0 Å². The van der Waals surface area contributed by atoms with Crippen molar-refractivity contribution in [2.75, 3.05) is 4.90 Å². The standard InChI is InChI=1S/C35H29N/c1-4-9-27(5-2)29-14-19-33(20-15-29)36(35-23-18-31-24-26(3)12-13-32(31)25-35)34-21-16-30(17-22-34)28-10-7-6-8-11-28/h4-25H,1-2H2,3H3/b27-9+. The summed E-state index contributed by atoms with van der Waals surface area (Å²) < 4.78 is 0. The van der Waals surface area contributed by atoms with Crippen molar-refractivity contribution in [3.8, 4) is 11.1 Å². The first-order chi connectivity index (χ1) is 17.7. The molecule has 0 saturated carbocycles. The molecule has 36 heavy (non-hydrogen) atoms. The van der Waals surface area contributed by atoms with Crippen molar-refractivity contribution < 1.29 is 0 Å². The van der Waals surface area contributed by atoms with E-state index in [9.17, 15) is 0 Å². The quantitative estimate of drug-likeness (QED) is 0.217. The zero-order valence-electron chi connectivity index (χ0n) is 20.6. The predicted octanol–water partition coefficient (Wildman–Crippen LogP) is 10.0. The summed E-state index contributed by atoms with van der Waals surface area (Å²) in [5.41, 5.74) is 9.18. The average molecular weight is 464 g/mol. The van der Waals surface area contributed by atoms with E-state index in [4.69, 9.17) is 0 Å². The molecule has 1 heteroatoms. The topological polar surface area (TPSA) is 3.24 Å². The zero-order valence-corrected chi connectivity index (χ0v) is 20.6. The summed E-state index contributed by atoms with van der Waals surface area (Å²) in [6, 6.07) is 41.2. The van der Waals surface area contributed by atoms with Crippen LogP contribution in [0.15, 0.2) is 147 Å². The van der Waals surface area contributed by atoms with Crippen LogP contribution in [-0.2, 0) is 0 Å². The summed E-state index contributed by atoms with van der Waals surface area (Å²) in [5.74, 6) is 0. The highest BCUT2D eigenvalue weighted by Gasteiger charge is 2.14. The molecule has 0 bridgehead atoms. The van der Waals surface area contributed by atoms with E-state index in [-0.39, 0.29) is 0 Å². The molecule has 0 unspecified atom stereocenters. The first-order valence-electron chi connectivity index (χ1n) is 12.2. The van der Waals surface area contributed by atoms with Gasteiger partial charge in [0.2, 0.25) is 0 Å². The van der Waals surface area contributed by atoms with Gasteiger partial charge in [0.15, 0.2) is 0 Å². The van der Waals surface area contributed by atoms with E-state index >= 15 is 0 Å². The van der Waals surface area contributed by atoms with Crippen molar-refractivity contribution in [2.45, 2.75) is 6.92 Å². The molecule has 0 spiro atoms. The molecule has 174 valence electrons. The van der Waals surface area contributed by atoms with E-state index in [0.29, 0.717) is 0 Å². The highest BCUT2D eigenvalue weighted by atomic mass is 15.1. The number of hydrogen-bond donors (Lipinski definition) is 0. The minimum absolute atomic E-state index is 1.05. The van der Waals surface area contributed by atoms with Crippen molar-refractivity contribution >= 4 is 33.4 Å². The molecule has 0 aromatic heterocycles. The van der Waals surface area contributed by atoms with E-state index < -0.39 is 0 Å². The Morgan fingerprint density at radius 3 is 1.86 bits per heavy atom. The number of benzene rings is 5. The van der Waals surface area contributed by atoms with Gasteiger partial charge in [0.05, 0.1) is 0 Å². The van der Waals surface area contributed by atoms with Crippen molar-refractivity contribution in [1.82, 2.24) is 0 Å². The fraction of sp³-hybridized carbons (Fsp3) is 0.0286. The van der Waals surface area contributed by atoms with Gasteiger partial charge in [-0.1, -0.05) is 116 Å². The molecule has 0 amide bonds. The Hall–Kier alpha value is -4.62. The van der Waals surface area contributed by atoms with E-state index in [0.717, 1.165) is 28.2 Å². The van der Waals surface area contributed by atoms with Crippen molar-refractivity contribution in [2.24, 2.45) is 0 Å². The van der Waals surface area contributed by atoms with E-state index in [1.165, 1.54) is 27.5 Å². The molecule has 0 aliphatic rings. The Balaban J connectivity index is 1.60. The Morgan fingerprint density at radius 2 is 1.19 bits per heavy atom. The largest absolute Gasteiger partial charge is 0.310 e. The lowest BCUT2D eigenvalue weighted by Crippen LogP contribution is -2.10. The maximum atomic E-state index is 3.95. The monoisotopic (exact) mass is 463 g/mol. The van der Waals surface area contributed by atoms with Crippen molar-refractivity contribution in [3.05, 3.63) is 158 Å². The molecular formula is C35H29N. The number of rotatable bonds is 7. The third-order valence-electron chi connectivity index (χ3n) is 6.45. The van der Waals surface area contributed by atoms with Gasteiger partial charge in [-0.3, -0.25) is 0 Å². The van der Waals surface area contributed by atoms with Gasteiger partial charge in [0.1, 0.15) is 0 Å². The Labute approximate surface area is 214 Å². The molecule has 0 fully saturated rings. The summed E-state index contributed by atoms with van der Waals surface area (Å²) in [4.78, 5) is 2.31. The van der Waals surface area contributed by atoms with Crippen LogP contribution in [0.3, 0.4) is 0 Å². The normalized spacial score (nSPS) is 11.3. The summed E-state index contributed by atoms with van der Waals surface area (Å²) >= 11 is 0. The second kappa shape index (κ2) is 10.3. The first-order valence-corrected chi connectivity index (χ1v) is 12.2. The molecule has 0 saturated heterocycles. The summed E-state index contributed by atoms with van der Waals surface area (Å²) in [6.45, 7) is 9.91. The van der Waals surface area contributed by atoms with E-state index in [1.54, 1.807) is 6.08 Å². The molecule has 5 aromatic rings. The maximum absolute atomic E-state index is 3.95. The van der Waals surface area contributed by atoms with Crippen molar-refractivity contribution in [3.63, 3.8) is 0 Å². The molecule has 0 aliphatic heterocycles. The van der Waals surface area contributed by atoms with E-state index in [1.807, 2.05) is 18.2 Å². The molecule has 0 radical (unpaired) electrons. The smallest absolute Gasteiger partial charge is 0.0468 e. The van der Waals surface area contributed by atoms with Gasteiger partial charge in [0.25, 0.3) is 0 Å². The number of nitrogens with zero attached hydrogens (tertiary/aromatic N) is 1. The van der Waals surface area contributed by atoms with Crippen LogP contribution >= 0.6 is 0 Å². The Kier molecular flexibility index (Phi) is 6.64. The molecule has 0 aliphatic carbocycles. The summed E-state index contributed by atoms with van der Waals surface area (Å²) in [7, 11) is 0. The van der Waals surface area contributed by atoms with Crippen LogP contribution in [-0.4, -0.2) is 0 Å². The molecule has 5 aromatic carbocycles. The van der Waals surface area contributed by atoms with Gasteiger partial charge in [0, 0.05) is 17.1 Å². The fourth-order valence-corrected chi connectivity index (χ4v) is 4.58. The highest BCUT2D eigenvalue weighted by Crippen LogP contribution is 2.37. The van der Waals surface area contributed by atoms with Gasteiger partial charge < -0.3 is 4.90 Å². The fourth-order valence-electron chi connectivity index (χ4n) is 4.58. The lowest BCUT2D eigenvalue weighted by atomic mass is 10.0. The first kappa shape index (κ1) is 23.1. The lowest BCUT2D eigenvalue weighted by molar-refractivity contribution is 1.29. The predicted molar refractivity (Wildman–Crippen MR) is 157 cm³/mol. The second-order valence-corrected chi connectivity index (χ2v) is 8.89. The molecule has 1 nitrogen and oxygen atoms in total.